The SMILES string of the molecule is CC(C)c1ccn(C2(C(=O)O)CCN(Cc3cccnc3)CC2)n1. The van der Waals surface area contributed by atoms with Gasteiger partial charge in [0.1, 0.15) is 0 Å². The highest BCUT2D eigenvalue weighted by molar-refractivity contribution is 5.76. The quantitative estimate of drug-likeness (QED) is 0.913. The molecule has 0 saturated carbocycles. The Balaban J connectivity index is 1.73. The molecule has 2 aromatic heterocycles. The number of nitrogens with zero attached hydrogens (tertiary/aromatic N) is 4. The molecule has 3 rings (SSSR count). The van der Waals surface area contributed by atoms with E-state index in [0.717, 1.165) is 30.9 Å². The van der Waals surface area contributed by atoms with E-state index in [1.807, 2.05) is 24.5 Å². The number of hydrogen-bond acceptors (Lipinski definition) is 4. The van der Waals surface area contributed by atoms with Gasteiger partial charge in [-0.1, -0.05) is 19.9 Å². The van der Waals surface area contributed by atoms with Crippen LogP contribution in [0, 0.1) is 0 Å². The van der Waals surface area contributed by atoms with E-state index < -0.39 is 11.5 Å². The Hall–Kier alpha value is -2.21. The van der Waals surface area contributed by atoms with Gasteiger partial charge in [0.05, 0.1) is 5.69 Å². The van der Waals surface area contributed by atoms with Gasteiger partial charge in [-0.15, -0.1) is 0 Å². The van der Waals surface area contributed by atoms with Crippen LogP contribution in [0.1, 0.15) is 43.9 Å². The summed E-state index contributed by atoms with van der Waals surface area (Å²) in [5, 5.41) is 14.4. The van der Waals surface area contributed by atoms with E-state index in [2.05, 4.69) is 34.9 Å². The molecular formula is C18H24N4O2. The molecule has 24 heavy (non-hydrogen) atoms. The molecule has 0 atom stereocenters. The van der Waals surface area contributed by atoms with Gasteiger partial charge in [-0.3, -0.25) is 14.6 Å². The highest BCUT2D eigenvalue weighted by atomic mass is 16.4. The number of likely N-dealkylation sites (tertiary alicyclic amines) is 1. The van der Waals surface area contributed by atoms with Crippen LogP contribution in [-0.4, -0.2) is 43.8 Å². The lowest BCUT2D eigenvalue weighted by Gasteiger charge is -2.39. The van der Waals surface area contributed by atoms with Gasteiger partial charge in [0.25, 0.3) is 0 Å². The first kappa shape index (κ1) is 16.6. The van der Waals surface area contributed by atoms with Crippen LogP contribution < -0.4 is 0 Å². The normalized spacial score (nSPS) is 18.0. The second kappa shape index (κ2) is 6.73. The monoisotopic (exact) mass is 328 g/mol. The summed E-state index contributed by atoms with van der Waals surface area (Å²) in [4.78, 5) is 18.5. The molecule has 1 aliphatic heterocycles. The van der Waals surface area contributed by atoms with Crippen molar-refractivity contribution in [3.63, 3.8) is 0 Å². The lowest BCUT2D eigenvalue weighted by Crippen LogP contribution is -2.51. The van der Waals surface area contributed by atoms with Crippen molar-refractivity contribution in [3.8, 4) is 0 Å². The highest BCUT2D eigenvalue weighted by Gasteiger charge is 2.44. The zero-order valence-electron chi connectivity index (χ0n) is 14.2. The first-order chi connectivity index (χ1) is 11.5. The molecule has 0 unspecified atom stereocenters. The average Bonchev–Trinajstić information content (AvgIpc) is 3.07. The Morgan fingerprint density at radius 2 is 2.08 bits per heavy atom. The van der Waals surface area contributed by atoms with Crippen LogP contribution in [0.2, 0.25) is 0 Å². The first-order valence-electron chi connectivity index (χ1n) is 8.42. The second-order valence-corrected chi connectivity index (χ2v) is 6.81. The topological polar surface area (TPSA) is 71.2 Å². The minimum atomic E-state index is -0.932. The van der Waals surface area contributed by atoms with E-state index in [0.29, 0.717) is 18.8 Å². The number of aromatic nitrogens is 3. The smallest absolute Gasteiger partial charge is 0.331 e. The summed E-state index contributed by atoms with van der Waals surface area (Å²) in [5.41, 5.74) is 1.16. The van der Waals surface area contributed by atoms with Crippen LogP contribution in [0.15, 0.2) is 36.8 Å². The summed E-state index contributed by atoms with van der Waals surface area (Å²) in [6.07, 6.45) is 6.56. The zero-order valence-corrected chi connectivity index (χ0v) is 14.2. The van der Waals surface area contributed by atoms with E-state index >= 15 is 0 Å². The van der Waals surface area contributed by atoms with Crippen molar-refractivity contribution in [2.75, 3.05) is 13.1 Å². The highest BCUT2D eigenvalue weighted by Crippen LogP contribution is 2.31. The number of hydrogen-bond donors (Lipinski definition) is 1. The van der Waals surface area contributed by atoms with E-state index in [-0.39, 0.29) is 0 Å². The molecule has 0 spiro atoms. The van der Waals surface area contributed by atoms with Crippen LogP contribution >= 0.6 is 0 Å². The summed E-state index contributed by atoms with van der Waals surface area (Å²) in [6, 6.07) is 5.91. The molecule has 3 heterocycles. The molecule has 6 heteroatoms. The van der Waals surface area contributed by atoms with Crippen molar-refractivity contribution >= 4 is 5.97 Å². The lowest BCUT2D eigenvalue weighted by molar-refractivity contribution is -0.151. The predicted octanol–water partition coefficient (Wildman–Crippen LogP) is 2.48. The fourth-order valence-electron chi connectivity index (χ4n) is 3.26. The number of piperidine rings is 1. The Morgan fingerprint density at radius 1 is 1.33 bits per heavy atom. The van der Waals surface area contributed by atoms with Crippen molar-refractivity contribution in [3.05, 3.63) is 48.0 Å². The summed E-state index contributed by atoms with van der Waals surface area (Å²) >= 11 is 0. The Labute approximate surface area is 142 Å². The minimum Gasteiger partial charge on any atom is -0.479 e. The lowest BCUT2D eigenvalue weighted by atomic mass is 9.87. The van der Waals surface area contributed by atoms with Gasteiger partial charge < -0.3 is 5.11 Å². The van der Waals surface area contributed by atoms with Gasteiger partial charge in [-0.25, -0.2) is 4.79 Å². The van der Waals surface area contributed by atoms with E-state index in [1.54, 1.807) is 10.9 Å². The maximum atomic E-state index is 12.0. The molecule has 0 bridgehead atoms. The third kappa shape index (κ3) is 3.19. The predicted molar refractivity (Wildman–Crippen MR) is 90.7 cm³/mol. The van der Waals surface area contributed by atoms with E-state index in [1.165, 1.54) is 0 Å². The molecular weight excluding hydrogens is 304 g/mol. The molecule has 0 radical (unpaired) electrons. The van der Waals surface area contributed by atoms with Gasteiger partial charge >= 0.3 is 5.97 Å². The number of carboxylic acids is 1. The molecule has 0 amide bonds. The molecule has 2 aromatic rings. The second-order valence-electron chi connectivity index (χ2n) is 6.81. The average molecular weight is 328 g/mol. The molecule has 1 N–H and O–H groups in total. The third-order valence-corrected chi connectivity index (χ3v) is 4.85. The largest absolute Gasteiger partial charge is 0.479 e. The molecule has 128 valence electrons. The molecule has 1 fully saturated rings. The van der Waals surface area contributed by atoms with Gasteiger partial charge in [0.2, 0.25) is 0 Å². The molecule has 6 nitrogen and oxygen atoms in total. The van der Waals surface area contributed by atoms with Crippen LogP contribution in [0.3, 0.4) is 0 Å². The first-order valence-corrected chi connectivity index (χ1v) is 8.42. The van der Waals surface area contributed by atoms with Crippen molar-refractivity contribution in [1.82, 2.24) is 19.7 Å². The summed E-state index contributed by atoms with van der Waals surface area (Å²) in [5.74, 6) is -0.496. The minimum absolute atomic E-state index is 0.294. The van der Waals surface area contributed by atoms with Crippen molar-refractivity contribution in [1.29, 1.82) is 0 Å². The molecule has 0 aliphatic carbocycles. The molecule has 0 aromatic carbocycles. The van der Waals surface area contributed by atoms with Crippen LogP contribution in [0.4, 0.5) is 0 Å². The number of aliphatic carboxylic acids is 1. The fraction of sp³-hybridized carbons (Fsp3) is 0.500. The number of carbonyl (C=O) groups is 1. The molecule has 1 saturated heterocycles. The maximum absolute atomic E-state index is 12.0. The number of rotatable bonds is 5. The number of carboxylic acid groups (broad SMARTS) is 1. The van der Waals surface area contributed by atoms with Gasteiger partial charge in [0.15, 0.2) is 5.54 Å². The fourth-order valence-corrected chi connectivity index (χ4v) is 3.26. The van der Waals surface area contributed by atoms with Gasteiger partial charge in [-0.05, 0) is 36.5 Å². The molecule has 1 aliphatic rings. The van der Waals surface area contributed by atoms with Crippen LogP contribution in [0.25, 0.3) is 0 Å². The third-order valence-electron chi connectivity index (χ3n) is 4.85. The van der Waals surface area contributed by atoms with Crippen LogP contribution in [-0.2, 0) is 16.9 Å². The zero-order chi connectivity index (χ0) is 17.2. The Kier molecular flexibility index (Phi) is 4.66. The summed E-state index contributed by atoms with van der Waals surface area (Å²) in [6.45, 7) is 6.41. The van der Waals surface area contributed by atoms with Crippen molar-refractivity contribution in [2.45, 2.75) is 44.7 Å². The van der Waals surface area contributed by atoms with Crippen molar-refractivity contribution < 1.29 is 9.90 Å². The number of pyridine rings is 1. The Bertz CT molecular complexity index is 688. The summed E-state index contributed by atoms with van der Waals surface area (Å²) in [7, 11) is 0. The van der Waals surface area contributed by atoms with E-state index in [9.17, 15) is 9.90 Å². The standard InChI is InChI=1S/C18H24N4O2/c1-14(2)16-5-9-22(20-16)18(17(23)24)6-10-21(11-7-18)13-15-4-3-8-19-12-15/h3-5,8-9,12,14H,6-7,10-11,13H2,1-2H3,(H,23,24). The van der Waals surface area contributed by atoms with Gasteiger partial charge in [-0.2, -0.15) is 5.10 Å². The van der Waals surface area contributed by atoms with E-state index in [4.69, 9.17) is 0 Å². The van der Waals surface area contributed by atoms with Gasteiger partial charge in [0, 0.05) is 38.2 Å². The maximum Gasteiger partial charge on any atom is 0.331 e. The summed E-state index contributed by atoms with van der Waals surface area (Å²) < 4.78 is 1.67. The van der Waals surface area contributed by atoms with Crippen molar-refractivity contribution in [2.24, 2.45) is 0 Å². The van der Waals surface area contributed by atoms with Crippen LogP contribution in [0.5, 0.6) is 0 Å². The Morgan fingerprint density at radius 3 is 2.62 bits per heavy atom.